The monoisotopic (exact) mass is 306 g/mol. The lowest BCUT2D eigenvalue weighted by Gasteiger charge is -1.99. The summed E-state index contributed by atoms with van der Waals surface area (Å²) in [5, 5.41) is 0. The Morgan fingerprint density at radius 3 is 2.78 bits per heavy atom. The van der Waals surface area contributed by atoms with Crippen LogP contribution in [-0.2, 0) is 6.54 Å². The molecule has 0 radical (unpaired) electrons. The van der Waals surface area contributed by atoms with Crippen LogP contribution in [0.15, 0.2) is 61.1 Å². The molecule has 0 N–H and O–H groups in total. The van der Waals surface area contributed by atoms with E-state index in [1.807, 2.05) is 47.3 Å². The van der Waals surface area contributed by atoms with Crippen molar-refractivity contribution in [2.45, 2.75) is 6.54 Å². The fourth-order valence-corrected chi connectivity index (χ4v) is 2.01. The van der Waals surface area contributed by atoms with Crippen molar-refractivity contribution < 1.29 is 25.8 Å². The third-order valence-corrected chi connectivity index (χ3v) is 2.81. The number of nitrogens with zero attached hydrogens (tertiary/aromatic N) is 2. The quantitative estimate of drug-likeness (QED) is 0.560. The lowest BCUT2D eigenvalue weighted by atomic mass is 10.2. The van der Waals surface area contributed by atoms with Gasteiger partial charge >= 0.3 is 0 Å². The highest BCUT2D eigenvalue weighted by atomic mass is 79.9. The first kappa shape index (κ1) is 12.8. The summed E-state index contributed by atoms with van der Waals surface area (Å²) in [5.74, 6) is -0.188. The second kappa shape index (κ2) is 5.31. The Morgan fingerprint density at radius 2 is 1.94 bits per heavy atom. The number of aromatic nitrogens is 2. The molecule has 2 nitrogen and oxygen atoms in total. The summed E-state index contributed by atoms with van der Waals surface area (Å²) in [7, 11) is 0. The van der Waals surface area contributed by atoms with Crippen LogP contribution in [0.3, 0.4) is 0 Å². The summed E-state index contributed by atoms with van der Waals surface area (Å²) < 4.78 is 17.2. The fraction of sp³-hybridized carbons (Fsp3) is 0.0714. The lowest BCUT2D eigenvalue weighted by molar-refractivity contribution is -0.510. The molecule has 2 heterocycles. The number of benzene rings is 1. The minimum atomic E-state index is -0.188. The fourth-order valence-electron chi connectivity index (χ4n) is 2.01. The Balaban J connectivity index is 0.00000120. The molecule has 0 amide bonds. The molecule has 0 aliphatic heterocycles. The van der Waals surface area contributed by atoms with Crippen molar-refractivity contribution in [2.75, 3.05) is 0 Å². The Labute approximate surface area is 115 Å². The molecule has 0 atom stereocenters. The number of pyridine rings is 1. The van der Waals surface area contributed by atoms with E-state index in [0.29, 0.717) is 6.54 Å². The average molecular weight is 307 g/mol. The van der Waals surface area contributed by atoms with Crippen molar-refractivity contribution in [1.82, 2.24) is 4.57 Å². The van der Waals surface area contributed by atoms with Crippen molar-refractivity contribution in [1.29, 1.82) is 0 Å². The van der Waals surface area contributed by atoms with E-state index in [9.17, 15) is 4.39 Å². The average Bonchev–Trinajstić information content (AvgIpc) is 2.73. The normalized spacial score (nSPS) is 10.3. The third-order valence-electron chi connectivity index (χ3n) is 2.81. The predicted octanol–water partition coefficient (Wildman–Crippen LogP) is -0.582. The summed E-state index contributed by atoms with van der Waals surface area (Å²) in [6.07, 6.45) is 5.99. The van der Waals surface area contributed by atoms with Gasteiger partial charge in [-0.2, -0.15) is 0 Å². The van der Waals surface area contributed by atoms with Crippen LogP contribution in [-0.4, -0.2) is 4.57 Å². The van der Waals surface area contributed by atoms with Crippen molar-refractivity contribution in [3.63, 3.8) is 0 Å². The predicted molar refractivity (Wildman–Crippen MR) is 63.1 cm³/mol. The number of rotatable bonds is 2. The highest BCUT2D eigenvalue weighted by Gasteiger charge is 2.08. The zero-order chi connectivity index (χ0) is 11.7. The molecule has 0 aliphatic carbocycles. The van der Waals surface area contributed by atoms with Crippen molar-refractivity contribution in [3.05, 3.63) is 72.4 Å². The molecule has 3 aromatic rings. The maximum Gasteiger partial charge on any atom is 0.286 e. The van der Waals surface area contributed by atoms with Gasteiger partial charge in [0, 0.05) is 6.07 Å². The largest absolute Gasteiger partial charge is 1.00 e. The van der Waals surface area contributed by atoms with Crippen LogP contribution in [0.25, 0.3) is 5.65 Å². The molecule has 2 aromatic heterocycles. The van der Waals surface area contributed by atoms with Gasteiger partial charge in [-0.25, -0.2) is 13.4 Å². The van der Waals surface area contributed by atoms with Crippen LogP contribution in [0.5, 0.6) is 0 Å². The Morgan fingerprint density at radius 1 is 1.06 bits per heavy atom. The third kappa shape index (κ3) is 2.43. The Bertz CT molecular complexity index is 663. The standard InChI is InChI=1S/C14H12FN2.BrH/c15-13-5-3-4-12(10-13)11-17-9-8-16-7-2-1-6-14(16)17;/h1-10H,11H2;1H/q+1;/p-1. The first-order chi connectivity index (χ1) is 8.33. The highest BCUT2D eigenvalue weighted by Crippen LogP contribution is 2.07. The van der Waals surface area contributed by atoms with Crippen LogP contribution < -0.4 is 21.4 Å². The smallest absolute Gasteiger partial charge is 0.286 e. The summed E-state index contributed by atoms with van der Waals surface area (Å²) in [6, 6.07) is 12.7. The molecule has 0 saturated heterocycles. The van der Waals surface area contributed by atoms with Gasteiger partial charge in [0.2, 0.25) is 0 Å². The summed E-state index contributed by atoms with van der Waals surface area (Å²) in [4.78, 5) is 0. The van der Waals surface area contributed by atoms with Gasteiger partial charge in [0.1, 0.15) is 24.8 Å². The van der Waals surface area contributed by atoms with Gasteiger partial charge in [-0.15, -0.1) is 0 Å². The molecule has 0 aliphatic rings. The van der Waals surface area contributed by atoms with E-state index in [2.05, 4.69) is 4.57 Å². The van der Waals surface area contributed by atoms with Gasteiger partial charge < -0.3 is 17.0 Å². The molecule has 18 heavy (non-hydrogen) atoms. The van der Waals surface area contributed by atoms with Gasteiger partial charge in [0.15, 0.2) is 0 Å². The molecule has 0 fully saturated rings. The number of fused-ring (bicyclic) bond motifs is 1. The minimum absolute atomic E-state index is 0. The minimum Gasteiger partial charge on any atom is -1.00 e. The van der Waals surface area contributed by atoms with Gasteiger partial charge in [-0.05, 0) is 23.8 Å². The Kier molecular flexibility index (Phi) is 3.77. The zero-order valence-electron chi connectivity index (χ0n) is 9.63. The molecular weight excluding hydrogens is 295 g/mol. The first-order valence-corrected chi connectivity index (χ1v) is 5.52. The van der Waals surface area contributed by atoms with Crippen molar-refractivity contribution >= 4 is 5.65 Å². The SMILES string of the molecule is Fc1cccc(Cn2cc[n+]3ccccc23)c1.[Br-]. The Hall–Kier alpha value is -1.68. The molecule has 1 aromatic carbocycles. The van der Waals surface area contributed by atoms with E-state index < -0.39 is 0 Å². The van der Waals surface area contributed by atoms with E-state index >= 15 is 0 Å². The van der Waals surface area contributed by atoms with Gasteiger partial charge in [0.25, 0.3) is 5.65 Å². The second-order valence-corrected chi connectivity index (χ2v) is 4.02. The highest BCUT2D eigenvalue weighted by molar-refractivity contribution is 5.31. The molecule has 92 valence electrons. The molecular formula is C14H12BrFN2. The molecule has 0 saturated carbocycles. The number of imidazole rings is 1. The lowest BCUT2D eigenvalue weighted by Crippen LogP contribution is -3.00. The second-order valence-electron chi connectivity index (χ2n) is 4.02. The topological polar surface area (TPSA) is 9.03 Å². The van der Waals surface area contributed by atoms with Gasteiger partial charge in [0.05, 0.1) is 6.20 Å². The van der Waals surface area contributed by atoms with Crippen LogP contribution in [0.2, 0.25) is 0 Å². The van der Waals surface area contributed by atoms with E-state index in [4.69, 9.17) is 0 Å². The van der Waals surface area contributed by atoms with E-state index in [1.165, 1.54) is 6.07 Å². The van der Waals surface area contributed by atoms with E-state index in [1.54, 1.807) is 12.1 Å². The van der Waals surface area contributed by atoms with Gasteiger partial charge in [-0.3, -0.25) is 0 Å². The van der Waals surface area contributed by atoms with Crippen LogP contribution in [0.4, 0.5) is 4.39 Å². The van der Waals surface area contributed by atoms with E-state index in [-0.39, 0.29) is 22.8 Å². The van der Waals surface area contributed by atoms with Gasteiger partial charge in [-0.1, -0.05) is 18.2 Å². The molecule has 0 unspecified atom stereocenters. The number of hydrogen-bond donors (Lipinski definition) is 0. The van der Waals surface area contributed by atoms with Crippen LogP contribution >= 0.6 is 0 Å². The first-order valence-electron chi connectivity index (χ1n) is 5.52. The molecule has 0 spiro atoms. The van der Waals surface area contributed by atoms with Crippen LogP contribution in [0, 0.1) is 5.82 Å². The molecule has 3 rings (SSSR count). The molecule has 4 heteroatoms. The van der Waals surface area contributed by atoms with Crippen LogP contribution in [0.1, 0.15) is 5.56 Å². The zero-order valence-corrected chi connectivity index (χ0v) is 11.2. The summed E-state index contributed by atoms with van der Waals surface area (Å²) in [5.41, 5.74) is 2.06. The maximum absolute atomic E-state index is 13.1. The molecule has 0 bridgehead atoms. The maximum atomic E-state index is 13.1. The summed E-state index contributed by atoms with van der Waals surface area (Å²) >= 11 is 0. The van der Waals surface area contributed by atoms with E-state index in [0.717, 1.165) is 11.2 Å². The number of halogens is 2. The van der Waals surface area contributed by atoms with Crippen molar-refractivity contribution in [3.8, 4) is 0 Å². The summed E-state index contributed by atoms with van der Waals surface area (Å²) in [6.45, 7) is 0.679. The van der Waals surface area contributed by atoms with Crippen molar-refractivity contribution in [2.24, 2.45) is 0 Å². The number of hydrogen-bond acceptors (Lipinski definition) is 0.